The van der Waals surface area contributed by atoms with E-state index in [9.17, 15) is 4.79 Å². The van der Waals surface area contributed by atoms with Gasteiger partial charge in [0.1, 0.15) is 0 Å². The van der Waals surface area contributed by atoms with Crippen LogP contribution in [0.15, 0.2) is 48.8 Å². The molecule has 0 fully saturated rings. The summed E-state index contributed by atoms with van der Waals surface area (Å²) in [6.45, 7) is 2.06. The van der Waals surface area contributed by atoms with Crippen molar-refractivity contribution in [1.82, 2.24) is 4.98 Å². The van der Waals surface area contributed by atoms with E-state index in [2.05, 4.69) is 4.98 Å². The first-order chi connectivity index (χ1) is 8.66. The van der Waals surface area contributed by atoms with Crippen LogP contribution in [-0.2, 0) is 11.3 Å². The SMILES string of the molecule is CC(=O)N(Cc1ccc(Cl)cc1)c1cccnc1. The van der Waals surface area contributed by atoms with Crippen molar-refractivity contribution in [3.8, 4) is 0 Å². The summed E-state index contributed by atoms with van der Waals surface area (Å²) in [6, 6.07) is 11.1. The second kappa shape index (κ2) is 5.65. The molecule has 0 aliphatic carbocycles. The zero-order valence-electron chi connectivity index (χ0n) is 10.0. The van der Waals surface area contributed by atoms with Crippen LogP contribution in [0.4, 0.5) is 5.69 Å². The van der Waals surface area contributed by atoms with Crippen LogP contribution in [-0.4, -0.2) is 10.9 Å². The van der Waals surface area contributed by atoms with Crippen LogP contribution in [0.3, 0.4) is 0 Å². The summed E-state index contributed by atoms with van der Waals surface area (Å²) in [5.74, 6) is -0.0158. The van der Waals surface area contributed by atoms with Gasteiger partial charge in [-0.25, -0.2) is 0 Å². The molecule has 0 radical (unpaired) electrons. The van der Waals surface area contributed by atoms with E-state index in [0.717, 1.165) is 11.3 Å². The Labute approximate surface area is 111 Å². The monoisotopic (exact) mass is 260 g/mol. The number of carbonyl (C=O) groups is 1. The number of pyridine rings is 1. The van der Waals surface area contributed by atoms with Gasteiger partial charge in [-0.05, 0) is 29.8 Å². The van der Waals surface area contributed by atoms with Crippen molar-refractivity contribution in [2.24, 2.45) is 0 Å². The van der Waals surface area contributed by atoms with Crippen LogP contribution in [0.25, 0.3) is 0 Å². The van der Waals surface area contributed by atoms with Crippen molar-refractivity contribution in [2.45, 2.75) is 13.5 Å². The van der Waals surface area contributed by atoms with Gasteiger partial charge in [-0.3, -0.25) is 9.78 Å². The first-order valence-corrected chi connectivity index (χ1v) is 5.97. The number of nitrogens with zero attached hydrogens (tertiary/aromatic N) is 2. The minimum absolute atomic E-state index is 0.0158. The molecule has 4 heteroatoms. The van der Waals surface area contributed by atoms with Crippen molar-refractivity contribution in [3.63, 3.8) is 0 Å². The normalized spacial score (nSPS) is 10.1. The van der Waals surface area contributed by atoms with Gasteiger partial charge in [0.25, 0.3) is 0 Å². The summed E-state index contributed by atoms with van der Waals surface area (Å²) in [4.78, 5) is 17.4. The minimum atomic E-state index is -0.0158. The Morgan fingerprint density at radius 2 is 2.00 bits per heavy atom. The van der Waals surface area contributed by atoms with Crippen LogP contribution in [0.1, 0.15) is 12.5 Å². The van der Waals surface area contributed by atoms with Crippen molar-refractivity contribution in [3.05, 3.63) is 59.4 Å². The number of amides is 1. The molecule has 92 valence electrons. The second-order valence-corrected chi connectivity index (χ2v) is 4.38. The van der Waals surface area contributed by atoms with Crippen molar-refractivity contribution in [1.29, 1.82) is 0 Å². The largest absolute Gasteiger partial charge is 0.307 e. The summed E-state index contributed by atoms with van der Waals surface area (Å²) in [6.07, 6.45) is 3.36. The predicted octanol–water partition coefficient (Wildman–Crippen LogP) is 3.29. The highest BCUT2D eigenvalue weighted by atomic mass is 35.5. The topological polar surface area (TPSA) is 33.2 Å². The molecule has 0 saturated heterocycles. The number of aromatic nitrogens is 1. The number of carbonyl (C=O) groups excluding carboxylic acids is 1. The van der Waals surface area contributed by atoms with Gasteiger partial charge in [0, 0.05) is 18.1 Å². The Morgan fingerprint density at radius 3 is 2.56 bits per heavy atom. The number of anilines is 1. The molecule has 0 bridgehead atoms. The average Bonchev–Trinajstić information content (AvgIpc) is 2.38. The lowest BCUT2D eigenvalue weighted by Crippen LogP contribution is -2.27. The standard InChI is InChI=1S/C14H13ClN2O/c1-11(18)17(14-3-2-8-16-9-14)10-12-4-6-13(15)7-5-12/h2-9H,10H2,1H3. The van der Waals surface area contributed by atoms with Crippen LogP contribution < -0.4 is 4.90 Å². The maximum absolute atomic E-state index is 11.7. The van der Waals surface area contributed by atoms with E-state index in [1.807, 2.05) is 36.4 Å². The van der Waals surface area contributed by atoms with Crippen molar-refractivity contribution in [2.75, 3.05) is 4.90 Å². The summed E-state index contributed by atoms with van der Waals surface area (Å²) in [5.41, 5.74) is 1.82. The molecule has 1 heterocycles. The number of halogens is 1. The molecular formula is C14H13ClN2O. The fourth-order valence-corrected chi connectivity index (χ4v) is 1.80. The summed E-state index contributed by atoms with van der Waals surface area (Å²) < 4.78 is 0. The van der Waals surface area contributed by atoms with Crippen LogP contribution in [0.2, 0.25) is 5.02 Å². The molecule has 1 amide bonds. The maximum atomic E-state index is 11.7. The molecular weight excluding hydrogens is 248 g/mol. The summed E-state index contributed by atoms with van der Waals surface area (Å²) >= 11 is 5.84. The highest BCUT2D eigenvalue weighted by Crippen LogP contribution is 2.17. The van der Waals surface area contributed by atoms with E-state index in [1.165, 1.54) is 0 Å². The number of hydrogen-bond acceptors (Lipinski definition) is 2. The molecule has 0 spiro atoms. The molecule has 1 aromatic carbocycles. The number of benzene rings is 1. The van der Waals surface area contributed by atoms with Crippen LogP contribution in [0.5, 0.6) is 0 Å². The third kappa shape index (κ3) is 3.08. The van der Waals surface area contributed by atoms with Crippen molar-refractivity contribution < 1.29 is 4.79 Å². The van der Waals surface area contributed by atoms with Crippen molar-refractivity contribution >= 4 is 23.2 Å². The first kappa shape index (κ1) is 12.6. The molecule has 2 rings (SSSR count). The molecule has 0 atom stereocenters. The highest BCUT2D eigenvalue weighted by molar-refractivity contribution is 6.30. The van der Waals surface area contributed by atoms with Crippen LogP contribution in [0, 0.1) is 0 Å². The predicted molar refractivity (Wildman–Crippen MR) is 72.6 cm³/mol. The molecule has 0 aliphatic heterocycles. The van der Waals surface area contributed by atoms with E-state index in [-0.39, 0.29) is 5.91 Å². The Bertz CT molecular complexity index is 525. The Hall–Kier alpha value is -1.87. The molecule has 1 aromatic heterocycles. The summed E-state index contributed by atoms with van der Waals surface area (Å²) in [5, 5.41) is 0.689. The van der Waals surface area contributed by atoms with Gasteiger partial charge >= 0.3 is 0 Å². The third-order valence-electron chi connectivity index (χ3n) is 2.59. The smallest absolute Gasteiger partial charge is 0.224 e. The Balaban J connectivity index is 2.22. The van der Waals surface area contributed by atoms with Gasteiger partial charge < -0.3 is 4.90 Å². The summed E-state index contributed by atoms with van der Waals surface area (Å²) in [7, 11) is 0. The molecule has 0 saturated carbocycles. The Morgan fingerprint density at radius 1 is 1.28 bits per heavy atom. The van der Waals surface area contributed by atoms with E-state index in [1.54, 1.807) is 24.2 Å². The third-order valence-corrected chi connectivity index (χ3v) is 2.84. The van der Waals surface area contributed by atoms with Gasteiger partial charge in [0.15, 0.2) is 0 Å². The average molecular weight is 261 g/mol. The molecule has 0 N–H and O–H groups in total. The molecule has 0 unspecified atom stereocenters. The lowest BCUT2D eigenvalue weighted by atomic mass is 10.2. The first-order valence-electron chi connectivity index (χ1n) is 5.59. The van der Waals surface area contributed by atoms with Gasteiger partial charge in [0.05, 0.1) is 18.4 Å². The van der Waals surface area contributed by atoms with Gasteiger partial charge in [-0.2, -0.15) is 0 Å². The molecule has 0 aliphatic rings. The zero-order valence-corrected chi connectivity index (χ0v) is 10.8. The quantitative estimate of drug-likeness (QED) is 0.848. The highest BCUT2D eigenvalue weighted by Gasteiger charge is 2.11. The van der Waals surface area contributed by atoms with Gasteiger partial charge in [0.2, 0.25) is 5.91 Å². The molecule has 2 aromatic rings. The lowest BCUT2D eigenvalue weighted by molar-refractivity contribution is -0.116. The van der Waals surface area contributed by atoms with E-state index < -0.39 is 0 Å². The van der Waals surface area contributed by atoms with E-state index >= 15 is 0 Å². The van der Waals surface area contributed by atoms with Gasteiger partial charge in [-0.1, -0.05) is 23.7 Å². The number of hydrogen-bond donors (Lipinski definition) is 0. The van der Waals surface area contributed by atoms with Gasteiger partial charge in [-0.15, -0.1) is 0 Å². The maximum Gasteiger partial charge on any atom is 0.224 e. The van der Waals surface area contributed by atoms with Crippen LogP contribution >= 0.6 is 11.6 Å². The number of rotatable bonds is 3. The second-order valence-electron chi connectivity index (χ2n) is 3.94. The Kier molecular flexibility index (Phi) is 3.95. The zero-order chi connectivity index (χ0) is 13.0. The molecule has 3 nitrogen and oxygen atoms in total. The van der Waals surface area contributed by atoms with E-state index in [4.69, 9.17) is 11.6 Å². The fourth-order valence-electron chi connectivity index (χ4n) is 1.67. The fraction of sp³-hybridized carbons (Fsp3) is 0.143. The minimum Gasteiger partial charge on any atom is -0.307 e. The lowest BCUT2D eigenvalue weighted by Gasteiger charge is -2.20. The van der Waals surface area contributed by atoms with E-state index in [0.29, 0.717) is 11.6 Å². The molecule has 18 heavy (non-hydrogen) atoms.